The van der Waals surface area contributed by atoms with E-state index in [4.69, 9.17) is 16.5 Å². The van der Waals surface area contributed by atoms with E-state index >= 15 is 0 Å². The van der Waals surface area contributed by atoms with Crippen molar-refractivity contribution in [2.45, 2.75) is 154 Å². The number of aromatic amines is 3. The second kappa shape index (κ2) is 34.7. The van der Waals surface area contributed by atoms with Crippen LogP contribution in [0.1, 0.15) is 59.6 Å². The largest absolute Gasteiger partial charge is 0.437 e. The number of aromatic nitrogens is 6. The molecule has 0 saturated heterocycles. The third kappa shape index (κ3) is 36.0. The Bertz CT molecular complexity index is 2130. The van der Waals surface area contributed by atoms with E-state index in [1.807, 2.05) is 0 Å². The number of rotatable bonds is 21. The molecule has 0 aliphatic rings. The zero-order valence-corrected chi connectivity index (χ0v) is 47.9. The quantitative estimate of drug-likeness (QED) is 0.0275. The molecule has 3 heterocycles. The van der Waals surface area contributed by atoms with Crippen LogP contribution in [0.25, 0.3) is 0 Å². The van der Waals surface area contributed by atoms with Gasteiger partial charge in [0.2, 0.25) is 17.8 Å². The van der Waals surface area contributed by atoms with Gasteiger partial charge in [-0.15, -0.1) is 6.58 Å². The van der Waals surface area contributed by atoms with Crippen molar-refractivity contribution in [1.29, 1.82) is 0 Å². The van der Waals surface area contributed by atoms with Crippen LogP contribution in [0.5, 0.6) is 0 Å². The van der Waals surface area contributed by atoms with E-state index in [1.165, 1.54) is 18.2 Å². The number of carbonyl (C=O) groups excluding carboxylic acids is 3. The average Bonchev–Trinajstić information content (AvgIpc) is 3.11. The molecule has 3 rings (SSSR count). The molecule has 0 saturated carbocycles. The van der Waals surface area contributed by atoms with Crippen LogP contribution in [-0.4, -0.2) is 119 Å². The van der Waals surface area contributed by atoms with Crippen LogP contribution in [0.4, 0.5) is 32.2 Å². The number of amides is 6. The minimum atomic E-state index is -2.42. The summed E-state index contributed by atoms with van der Waals surface area (Å²) in [7, 11) is -9.46. The third-order valence-corrected chi connectivity index (χ3v) is 26.8. The van der Waals surface area contributed by atoms with Crippen molar-refractivity contribution >= 4 is 87.8 Å². The molecule has 2 radical (unpaired) electrons. The summed E-state index contributed by atoms with van der Waals surface area (Å²) in [5.74, 6) is 0.346. The highest BCUT2D eigenvalue weighted by molar-refractivity contribution is 6.87. The summed E-state index contributed by atoms with van der Waals surface area (Å²) in [6, 6.07) is 4.42. The van der Waals surface area contributed by atoms with Gasteiger partial charge in [0, 0.05) is 54.9 Å². The number of aryl methyl sites for hydroxylation is 3. The molecule has 0 aromatic carbocycles. The summed E-state index contributed by atoms with van der Waals surface area (Å²) in [5, 5.41) is 15.5. The van der Waals surface area contributed by atoms with Gasteiger partial charge in [0.25, 0.3) is 16.7 Å². The molecule has 0 aliphatic heterocycles. The Morgan fingerprint density at radius 3 is 1.13 bits per heavy atom. The molecule has 6 amide bonds. The highest BCUT2D eigenvalue weighted by Crippen LogP contribution is 2.26. The van der Waals surface area contributed by atoms with Crippen LogP contribution in [-0.2, 0) is 16.5 Å². The lowest BCUT2D eigenvalue weighted by Crippen LogP contribution is -2.52. The summed E-state index contributed by atoms with van der Waals surface area (Å²) in [5.41, 5.74) is 0.620. The topological polar surface area (TPSA) is 298 Å². The van der Waals surface area contributed by atoms with Gasteiger partial charge in [0.15, 0.2) is 34.7 Å². The predicted octanol–water partition coefficient (Wildman–Crippen LogP) is 8.49. The molecule has 0 fully saturated rings. The molecule has 406 valence electrons. The van der Waals surface area contributed by atoms with Crippen LogP contribution >= 0.6 is 0 Å². The van der Waals surface area contributed by atoms with Gasteiger partial charge in [-0.1, -0.05) is 35.8 Å². The molecule has 0 unspecified atom stereocenters. The Morgan fingerprint density at radius 2 is 0.859 bits per heavy atom. The maximum atomic E-state index is 12.1. The van der Waals surface area contributed by atoms with Gasteiger partial charge in [-0.05, 0) is 124 Å². The van der Waals surface area contributed by atoms with E-state index in [9.17, 15) is 28.8 Å². The van der Waals surface area contributed by atoms with Crippen LogP contribution in [0.2, 0.25) is 90.7 Å². The molecule has 3 aromatic heterocycles. The SMILES string of the molecule is C.C.C.C.C=CCNC(=O)Nc1nc(C)cc(=O)[nH]1.C[Si](C)O[Si](C)(C)O[Si](C)C.Cc1cc(=O)[nH]c(NC(=O)NCCC[Si](C)(C)O[Si](C)(C)O[Si](C)(C)CCCNC(=O)Nc2nc(C)cc(=O)[nH]2)n1. The molecule has 0 spiro atoms. The van der Waals surface area contributed by atoms with Gasteiger partial charge < -0.3 is 32.4 Å². The minimum absolute atomic E-state index is 0. The smallest absolute Gasteiger partial charge is 0.321 e. The summed E-state index contributed by atoms with van der Waals surface area (Å²) in [6.07, 6.45) is 3.04. The van der Waals surface area contributed by atoms with Crippen LogP contribution in [0, 0.1) is 20.8 Å². The Hall–Kier alpha value is -4.67. The molecule has 9 N–H and O–H groups in total. The number of hydrogen-bond acceptors (Lipinski definition) is 13. The lowest BCUT2D eigenvalue weighted by molar-refractivity contribution is 0.251. The summed E-state index contributed by atoms with van der Waals surface area (Å²) in [6.45, 7) is 35.4. The molecule has 28 heteroatoms. The first kappa shape index (κ1) is 72.9. The zero-order valence-electron chi connectivity index (χ0n) is 41.9. The molecule has 71 heavy (non-hydrogen) atoms. The number of H-pyrrole nitrogens is 3. The molecule has 0 aliphatic carbocycles. The van der Waals surface area contributed by atoms with Crippen molar-refractivity contribution in [3.05, 3.63) is 79.0 Å². The predicted molar refractivity (Wildman–Crippen MR) is 305 cm³/mol. The van der Waals surface area contributed by atoms with Crippen molar-refractivity contribution in [3.8, 4) is 0 Å². The van der Waals surface area contributed by atoms with E-state index in [0.717, 1.165) is 24.9 Å². The summed E-state index contributed by atoms with van der Waals surface area (Å²) >= 11 is 0. The summed E-state index contributed by atoms with van der Waals surface area (Å²) in [4.78, 5) is 88.9. The molecular formula is C43H90N12O10Si6. The van der Waals surface area contributed by atoms with E-state index in [-0.39, 0.29) is 64.2 Å². The van der Waals surface area contributed by atoms with E-state index in [0.29, 0.717) is 36.7 Å². The summed E-state index contributed by atoms with van der Waals surface area (Å²) < 4.78 is 24.8. The van der Waals surface area contributed by atoms with Crippen LogP contribution in [0.15, 0.2) is 45.2 Å². The monoisotopic (exact) mass is 1100 g/mol. The second-order valence-corrected chi connectivity index (χ2v) is 38.4. The van der Waals surface area contributed by atoms with Gasteiger partial charge in [-0.3, -0.25) is 45.3 Å². The van der Waals surface area contributed by atoms with Gasteiger partial charge >= 0.3 is 35.2 Å². The van der Waals surface area contributed by atoms with E-state index in [1.54, 1.807) is 26.8 Å². The maximum Gasteiger partial charge on any atom is 0.321 e. The maximum absolute atomic E-state index is 12.1. The Kier molecular flexibility index (Phi) is 35.6. The number of carbonyl (C=O) groups is 3. The molecular weight excluding hydrogens is 1010 g/mol. The highest BCUT2D eigenvalue weighted by Gasteiger charge is 2.39. The Balaban J connectivity index is -0.000000615. The van der Waals surface area contributed by atoms with Gasteiger partial charge in [0.1, 0.15) is 0 Å². The Labute approximate surface area is 431 Å². The first-order valence-corrected chi connectivity index (χ1v) is 38.4. The van der Waals surface area contributed by atoms with Crippen molar-refractivity contribution in [2.24, 2.45) is 0 Å². The lowest BCUT2D eigenvalue weighted by Gasteiger charge is -2.38. The van der Waals surface area contributed by atoms with Crippen molar-refractivity contribution in [2.75, 3.05) is 35.6 Å². The fraction of sp³-hybridized carbons (Fsp3) is 0.605. The first-order chi connectivity index (χ1) is 30.9. The standard InChI is InChI=1S/C24H44N8O6Si3.C9H12N4O2.C6H18O2Si3.4CH4/c1-17-15-19(33)29-21(27-17)31-23(35)25-11-9-13-39(3,4)37-41(7,8)38-40(5,6)14-10-12-26-24(36)32-22-28-18(2)16-20(34)30-22;1-3-4-10-9(15)13-8-11-6(2)5-7(14)12-8;1-9(2)7-11(5,6)8-10(3)4;;;;/h15-16H,9-14H2,1-8H3,(H3,25,27,29,31,33,35)(H3,26,28,30,32,34,36);3,5H,1,4H2,2H3,(H3,10,11,12,13,14,15);1-6H3;4*1H4. The third-order valence-electron chi connectivity index (χ3n) is 8.14. The van der Waals surface area contributed by atoms with Gasteiger partial charge in [-0.2, -0.15) is 0 Å². The molecule has 22 nitrogen and oxygen atoms in total. The van der Waals surface area contributed by atoms with Crippen LogP contribution in [0.3, 0.4) is 0 Å². The Morgan fingerprint density at radius 1 is 0.563 bits per heavy atom. The number of hydrogen-bond donors (Lipinski definition) is 9. The van der Waals surface area contributed by atoms with Crippen molar-refractivity contribution in [3.63, 3.8) is 0 Å². The molecule has 3 aromatic rings. The van der Waals surface area contributed by atoms with Crippen LogP contribution < -0.4 is 48.6 Å². The first-order valence-electron chi connectivity index (χ1n) is 21.8. The number of nitrogens with zero attached hydrogens (tertiary/aromatic N) is 3. The highest BCUT2D eigenvalue weighted by atomic mass is 28.5. The minimum Gasteiger partial charge on any atom is -0.437 e. The number of urea groups is 3. The fourth-order valence-electron chi connectivity index (χ4n) is 6.42. The van der Waals surface area contributed by atoms with Gasteiger partial charge in [-0.25, -0.2) is 29.3 Å². The lowest BCUT2D eigenvalue weighted by atomic mass is 10.4. The van der Waals surface area contributed by atoms with E-state index in [2.05, 4.69) is 147 Å². The van der Waals surface area contributed by atoms with E-state index < -0.39 is 69.9 Å². The van der Waals surface area contributed by atoms with Crippen molar-refractivity contribution < 1.29 is 30.8 Å². The number of nitrogens with one attached hydrogen (secondary N) is 9. The fourth-order valence-corrected chi connectivity index (χ4v) is 28.9. The van der Waals surface area contributed by atoms with Gasteiger partial charge in [0.05, 0.1) is 0 Å². The second-order valence-electron chi connectivity index (χ2n) is 17.8. The zero-order chi connectivity index (χ0) is 51.2. The number of anilines is 3. The normalized spacial score (nSPS) is 11.0. The molecule has 0 bridgehead atoms. The average molecular weight is 1100 g/mol. The van der Waals surface area contributed by atoms with Crippen molar-refractivity contribution in [1.82, 2.24) is 45.9 Å². The molecule has 0 atom stereocenters.